The zero-order chi connectivity index (χ0) is 15.5. The van der Waals surface area contributed by atoms with Gasteiger partial charge in [0.1, 0.15) is 0 Å². The first kappa shape index (κ1) is 14.2. The van der Waals surface area contributed by atoms with Crippen LogP contribution in [0.1, 0.15) is 35.3 Å². The Labute approximate surface area is 128 Å². The second-order valence-corrected chi connectivity index (χ2v) is 5.46. The zero-order valence-electron chi connectivity index (χ0n) is 12.3. The second-order valence-electron chi connectivity index (χ2n) is 5.46. The number of nitrogens with zero attached hydrogens (tertiary/aromatic N) is 3. The van der Waals surface area contributed by atoms with Gasteiger partial charge in [0, 0.05) is 11.7 Å². The molecule has 1 fully saturated rings. The average molecular weight is 298 g/mol. The number of nitrogens with two attached hydrogens (primary N) is 1. The van der Waals surface area contributed by atoms with E-state index in [2.05, 4.69) is 25.8 Å². The van der Waals surface area contributed by atoms with Crippen molar-refractivity contribution in [3.8, 4) is 0 Å². The summed E-state index contributed by atoms with van der Waals surface area (Å²) in [5, 5.41) is 14.1. The van der Waals surface area contributed by atoms with Gasteiger partial charge in [0.05, 0.1) is 0 Å². The van der Waals surface area contributed by atoms with E-state index in [0.29, 0.717) is 17.8 Å². The fourth-order valence-electron chi connectivity index (χ4n) is 2.16. The Morgan fingerprint density at radius 2 is 1.95 bits per heavy atom. The number of hydrogen-bond donors (Lipinski definition) is 3. The number of anilines is 3. The first-order chi connectivity index (χ1) is 10.6. The highest BCUT2D eigenvalue weighted by molar-refractivity contribution is 5.95. The van der Waals surface area contributed by atoms with E-state index in [9.17, 15) is 4.79 Å². The predicted octanol–water partition coefficient (Wildman–Crippen LogP) is 1.99. The molecule has 7 heteroatoms. The fourth-order valence-corrected chi connectivity index (χ4v) is 2.16. The van der Waals surface area contributed by atoms with Crippen LogP contribution in [0.5, 0.6) is 0 Å². The topological polar surface area (TPSA) is 106 Å². The Bertz CT molecular complexity index is 681. The molecule has 1 aliphatic rings. The molecule has 1 amide bonds. The number of rotatable bonds is 5. The second kappa shape index (κ2) is 5.97. The third-order valence-electron chi connectivity index (χ3n) is 3.67. The van der Waals surface area contributed by atoms with Gasteiger partial charge in [-0.15, -0.1) is 10.2 Å². The highest BCUT2D eigenvalue weighted by Gasteiger charge is 2.22. The van der Waals surface area contributed by atoms with Crippen LogP contribution in [-0.2, 0) is 0 Å². The molecule has 7 nitrogen and oxygen atoms in total. The van der Waals surface area contributed by atoms with E-state index < -0.39 is 5.91 Å². The van der Waals surface area contributed by atoms with Crippen molar-refractivity contribution in [1.29, 1.82) is 0 Å². The summed E-state index contributed by atoms with van der Waals surface area (Å²) in [5.74, 6) is 0.0844. The summed E-state index contributed by atoms with van der Waals surface area (Å²) in [6.45, 7) is 2.02. The Morgan fingerprint density at radius 1 is 1.23 bits per heavy atom. The predicted molar refractivity (Wildman–Crippen MR) is 84.1 cm³/mol. The van der Waals surface area contributed by atoms with Gasteiger partial charge >= 0.3 is 0 Å². The molecule has 0 saturated heterocycles. The summed E-state index contributed by atoms with van der Waals surface area (Å²) in [6, 6.07) is 8.16. The highest BCUT2D eigenvalue weighted by Crippen LogP contribution is 2.24. The van der Waals surface area contributed by atoms with Crippen molar-refractivity contribution in [3.05, 3.63) is 35.5 Å². The van der Waals surface area contributed by atoms with Gasteiger partial charge in [0.15, 0.2) is 11.5 Å². The number of aromatic nitrogens is 3. The molecular formula is C15H18N6O. The van der Waals surface area contributed by atoms with Crippen molar-refractivity contribution < 1.29 is 4.79 Å². The highest BCUT2D eigenvalue weighted by atomic mass is 16.1. The molecule has 0 unspecified atom stereocenters. The van der Waals surface area contributed by atoms with E-state index in [1.165, 1.54) is 12.0 Å². The average Bonchev–Trinajstić information content (AvgIpc) is 2.45. The van der Waals surface area contributed by atoms with E-state index in [1.54, 1.807) is 0 Å². The number of hydrogen-bond acceptors (Lipinski definition) is 6. The number of primary amides is 1. The molecule has 0 atom stereocenters. The zero-order valence-corrected chi connectivity index (χ0v) is 12.3. The lowest BCUT2D eigenvalue weighted by molar-refractivity contribution is 0.0995. The van der Waals surface area contributed by atoms with Crippen LogP contribution in [0.4, 0.5) is 17.5 Å². The van der Waals surface area contributed by atoms with Crippen LogP contribution in [0, 0.1) is 6.92 Å². The first-order valence-electron chi connectivity index (χ1n) is 7.26. The Morgan fingerprint density at radius 3 is 2.55 bits per heavy atom. The molecule has 0 spiro atoms. The normalized spacial score (nSPS) is 14.2. The maximum absolute atomic E-state index is 11.4. The largest absolute Gasteiger partial charge is 0.365 e. The molecule has 1 heterocycles. The summed E-state index contributed by atoms with van der Waals surface area (Å²) in [5.41, 5.74) is 7.42. The van der Waals surface area contributed by atoms with Crippen LogP contribution < -0.4 is 16.4 Å². The van der Waals surface area contributed by atoms with Gasteiger partial charge in [-0.05, 0) is 38.3 Å². The molecule has 1 saturated carbocycles. The van der Waals surface area contributed by atoms with Crippen LogP contribution in [0.25, 0.3) is 0 Å². The molecule has 0 radical (unpaired) electrons. The van der Waals surface area contributed by atoms with Crippen molar-refractivity contribution in [2.75, 3.05) is 10.6 Å². The SMILES string of the molecule is Cc1ccc(Nc2nnc(C(N)=O)c(NC3CCC3)n2)cc1. The lowest BCUT2D eigenvalue weighted by Crippen LogP contribution is -2.30. The Hall–Kier alpha value is -2.70. The summed E-state index contributed by atoms with van der Waals surface area (Å²) in [4.78, 5) is 15.8. The van der Waals surface area contributed by atoms with E-state index in [4.69, 9.17) is 5.73 Å². The van der Waals surface area contributed by atoms with Crippen LogP contribution >= 0.6 is 0 Å². The van der Waals surface area contributed by atoms with Gasteiger partial charge < -0.3 is 16.4 Å². The summed E-state index contributed by atoms with van der Waals surface area (Å²) >= 11 is 0. The van der Waals surface area contributed by atoms with Crippen molar-refractivity contribution in [2.24, 2.45) is 5.73 Å². The summed E-state index contributed by atoms with van der Waals surface area (Å²) in [7, 11) is 0. The molecule has 3 rings (SSSR count). The lowest BCUT2D eigenvalue weighted by Gasteiger charge is -2.27. The molecule has 1 aliphatic carbocycles. The van der Waals surface area contributed by atoms with E-state index in [-0.39, 0.29) is 5.69 Å². The number of carbonyl (C=O) groups is 1. The minimum atomic E-state index is -0.635. The molecule has 0 aliphatic heterocycles. The third kappa shape index (κ3) is 3.13. The Balaban J connectivity index is 1.83. The summed E-state index contributed by atoms with van der Waals surface area (Å²) < 4.78 is 0. The van der Waals surface area contributed by atoms with Gasteiger partial charge in [-0.1, -0.05) is 17.7 Å². The van der Waals surface area contributed by atoms with Crippen LogP contribution in [0.2, 0.25) is 0 Å². The molecule has 0 bridgehead atoms. The van der Waals surface area contributed by atoms with Crippen molar-refractivity contribution in [1.82, 2.24) is 15.2 Å². The minimum Gasteiger partial charge on any atom is -0.365 e. The smallest absolute Gasteiger partial charge is 0.273 e. The Kier molecular flexibility index (Phi) is 3.86. The molecule has 4 N–H and O–H groups in total. The van der Waals surface area contributed by atoms with E-state index in [0.717, 1.165) is 18.5 Å². The maximum Gasteiger partial charge on any atom is 0.273 e. The van der Waals surface area contributed by atoms with Gasteiger partial charge in [-0.3, -0.25) is 4.79 Å². The molecule has 2 aromatic rings. The number of aryl methyl sites for hydroxylation is 1. The molecular weight excluding hydrogens is 280 g/mol. The van der Waals surface area contributed by atoms with E-state index in [1.807, 2.05) is 31.2 Å². The lowest BCUT2D eigenvalue weighted by atomic mass is 9.93. The first-order valence-corrected chi connectivity index (χ1v) is 7.26. The van der Waals surface area contributed by atoms with Gasteiger partial charge in [-0.2, -0.15) is 4.98 Å². The van der Waals surface area contributed by atoms with Crippen LogP contribution in [0.15, 0.2) is 24.3 Å². The van der Waals surface area contributed by atoms with Gasteiger partial charge in [-0.25, -0.2) is 0 Å². The van der Waals surface area contributed by atoms with Crippen LogP contribution in [0.3, 0.4) is 0 Å². The summed E-state index contributed by atoms with van der Waals surface area (Å²) in [6.07, 6.45) is 3.29. The molecule has 114 valence electrons. The molecule has 22 heavy (non-hydrogen) atoms. The maximum atomic E-state index is 11.4. The molecule has 1 aromatic carbocycles. The number of amides is 1. The molecule has 1 aromatic heterocycles. The standard InChI is InChI=1S/C15H18N6O/c1-9-5-7-11(8-6-9)18-15-19-14(17-10-3-2-4-10)12(13(16)22)20-21-15/h5-8,10H,2-4H2,1H3,(H2,16,22)(H2,17,18,19,21). The van der Waals surface area contributed by atoms with Crippen LogP contribution in [-0.4, -0.2) is 27.1 Å². The number of carbonyl (C=O) groups excluding carboxylic acids is 1. The monoisotopic (exact) mass is 298 g/mol. The third-order valence-corrected chi connectivity index (χ3v) is 3.67. The quantitative estimate of drug-likeness (QED) is 0.779. The van der Waals surface area contributed by atoms with E-state index >= 15 is 0 Å². The number of nitrogens with one attached hydrogen (secondary N) is 2. The van der Waals surface area contributed by atoms with Crippen molar-refractivity contribution in [2.45, 2.75) is 32.2 Å². The van der Waals surface area contributed by atoms with Gasteiger partial charge in [0.25, 0.3) is 5.91 Å². The number of benzene rings is 1. The van der Waals surface area contributed by atoms with Gasteiger partial charge in [0.2, 0.25) is 5.95 Å². The fraction of sp³-hybridized carbons (Fsp3) is 0.333. The van der Waals surface area contributed by atoms with Crippen molar-refractivity contribution in [3.63, 3.8) is 0 Å². The van der Waals surface area contributed by atoms with Crippen molar-refractivity contribution >= 4 is 23.4 Å². The minimum absolute atomic E-state index is 0.0707.